The van der Waals surface area contributed by atoms with Crippen molar-refractivity contribution < 1.29 is 43.5 Å². The Kier molecular flexibility index (Phi) is 15.4. The molecule has 5 aliphatic rings. The standard InChI is InChI=1S/C47H65N3O9/c1-3-21-50(46(53)56-33-34-14-6-5-7-15-34)42-32-40(48-59-43-18-10-13-28-55-43)38-30-35(16-8-11-25-51)37(17-9-12-26-52)44-39-31-36(54-29-24-49-22-23-49)19-20-41(39)58-47(42,45(38)44)57-27-4-2/h4-7,14-15,19-20,30-31,35,37,42-45,51-52H,2-3,8-13,16-18,21-29,32-33H2,1H3. The van der Waals surface area contributed by atoms with Gasteiger partial charge in [0.25, 0.3) is 0 Å². The van der Waals surface area contributed by atoms with Crippen LogP contribution in [0.5, 0.6) is 11.5 Å². The molecular formula is C47H65N3O9. The first-order valence-electron chi connectivity index (χ1n) is 22.2. The highest BCUT2D eigenvalue weighted by Gasteiger charge is 2.65. The van der Waals surface area contributed by atoms with Gasteiger partial charge in [-0.15, -0.1) is 6.58 Å². The van der Waals surface area contributed by atoms with Gasteiger partial charge in [0.15, 0.2) is 0 Å². The highest BCUT2D eigenvalue weighted by molar-refractivity contribution is 6.03. The lowest BCUT2D eigenvalue weighted by atomic mass is 9.55. The average Bonchev–Trinajstić information content (AvgIpc) is 4.10. The van der Waals surface area contributed by atoms with E-state index < -0.39 is 30.1 Å². The molecule has 7 atom stereocenters. The second-order valence-corrected chi connectivity index (χ2v) is 16.6. The van der Waals surface area contributed by atoms with Crippen LogP contribution < -0.4 is 9.47 Å². The molecule has 3 fully saturated rings. The third-order valence-electron chi connectivity index (χ3n) is 12.6. The fourth-order valence-electron chi connectivity index (χ4n) is 9.66. The van der Waals surface area contributed by atoms with Crippen LogP contribution in [0.3, 0.4) is 0 Å². The Morgan fingerprint density at radius 3 is 2.61 bits per heavy atom. The lowest BCUT2D eigenvalue weighted by Crippen LogP contribution is -2.70. The van der Waals surface area contributed by atoms with Gasteiger partial charge in [0.05, 0.1) is 24.8 Å². The summed E-state index contributed by atoms with van der Waals surface area (Å²) in [5.74, 6) is -0.184. The molecule has 2 aliphatic carbocycles. The number of unbranched alkanes of at least 4 members (excludes halogenated alkanes) is 2. The van der Waals surface area contributed by atoms with Crippen molar-refractivity contribution in [2.75, 3.05) is 59.2 Å². The topological polar surface area (TPSA) is 132 Å². The van der Waals surface area contributed by atoms with E-state index in [0.29, 0.717) is 51.2 Å². The van der Waals surface area contributed by atoms with Gasteiger partial charge in [-0.2, -0.15) is 0 Å². The van der Waals surface area contributed by atoms with Crippen LogP contribution in [-0.4, -0.2) is 109 Å². The number of carbonyl (C=O) groups is 1. The number of hydrogen-bond acceptors (Lipinski definition) is 11. The molecule has 3 heterocycles. The van der Waals surface area contributed by atoms with Gasteiger partial charge < -0.3 is 38.7 Å². The second kappa shape index (κ2) is 21.0. The Hall–Kier alpha value is -3.94. The Morgan fingerprint density at radius 2 is 1.88 bits per heavy atom. The van der Waals surface area contributed by atoms with Crippen molar-refractivity contribution >= 4 is 11.8 Å². The van der Waals surface area contributed by atoms with Gasteiger partial charge in [0, 0.05) is 63.7 Å². The predicted octanol–water partition coefficient (Wildman–Crippen LogP) is 7.59. The molecule has 0 aromatic heterocycles. The molecule has 2 aromatic rings. The number of aliphatic hydroxyl groups is 2. The van der Waals surface area contributed by atoms with E-state index in [4.69, 9.17) is 33.7 Å². The third-order valence-corrected chi connectivity index (χ3v) is 12.6. The van der Waals surface area contributed by atoms with Crippen molar-refractivity contribution in [2.45, 2.75) is 108 Å². The van der Waals surface area contributed by atoms with Crippen LogP contribution in [0.25, 0.3) is 0 Å². The Labute approximate surface area is 350 Å². The summed E-state index contributed by atoms with van der Waals surface area (Å²) in [6, 6.07) is 15.2. The average molecular weight is 816 g/mol. The maximum absolute atomic E-state index is 14.5. The summed E-state index contributed by atoms with van der Waals surface area (Å²) in [6.45, 7) is 11.4. The molecule has 3 aliphatic heterocycles. The number of benzene rings is 2. The zero-order valence-electron chi connectivity index (χ0n) is 34.9. The van der Waals surface area contributed by atoms with Gasteiger partial charge in [-0.25, -0.2) is 4.79 Å². The predicted molar refractivity (Wildman–Crippen MR) is 225 cm³/mol. The van der Waals surface area contributed by atoms with E-state index in [2.05, 4.69) is 30.5 Å². The summed E-state index contributed by atoms with van der Waals surface area (Å²) in [7, 11) is 0. The monoisotopic (exact) mass is 815 g/mol. The van der Waals surface area contributed by atoms with Crippen LogP contribution in [0.4, 0.5) is 4.79 Å². The minimum atomic E-state index is -1.36. The van der Waals surface area contributed by atoms with Gasteiger partial charge in [-0.05, 0) is 86.1 Å². The zero-order valence-corrected chi connectivity index (χ0v) is 34.9. The number of oxime groups is 1. The van der Waals surface area contributed by atoms with Gasteiger partial charge in [-0.3, -0.25) is 9.80 Å². The molecule has 322 valence electrons. The summed E-state index contributed by atoms with van der Waals surface area (Å²) in [5, 5.41) is 24.8. The first-order valence-corrected chi connectivity index (χ1v) is 22.2. The van der Waals surface area contributed by atoms with Crippen LogP contribution in [0, 0.1) is 17.8 Å². The minimum Gasteiger partial charge on any atom is -0.492 e. The van der Waals surface area contributed by atoms with Crippen molar-refractivity contribution in [3.05, 3.63) is 84.0 Å². The molecule has 2 saturated heterocycles. The zero-order chi connectivity index (χ0) is 41.0. The summed E-state index contributed by atoms with van der Waals surface area (Å²) >= 11 is 0. The lowest BCUT2D eigenvalue weighted by molar-refractivity contribution is -0.255. The number of hydrogen-bond donors (Lipinski definition) is 2. The van der Waals surface area contributed by atoms with Crippen LogP contribution >= 0.6 is 0 Å². The number of amides is 1. The fraction of sp³-hybridized carbons (Fsp3) is 0.617. The SMILES string of the molecule is C=CCOC12Oc3ccc(OCCN4CC4)cc3C3C(CCCCO)C(CCCCO)C=C(C(=NOC4CCCCO4)CC1N(CCC)C(=O)OCc1ccccc1)C32. The Balaban J connectivity index is 1.38. The molecular weight excluding hydrogens is 751 g/mol. The van der Waals surface area contributed by atoms with E-state index in [9.17, 15) is 15.0 Å². The van der Waals surface area contributed by atoms with E-state index >= 15 is 0 Å². The van der Waals surface area contributed by atoms with E-state index in [1.165, 1.54) is 0 Å². The molecule has 2 aromatic carbocycles. The van der Waals surface area contributed by atoms with Gasteiger partial charge >= 0.3 is 6.09 Å². The number of nitrogens with zero attached hydrogens (tertiary/aromatic N) is 3. The van der Waals surface area contributed by atoms with Crippen molar-refractivity contribution in [2.24, 2.45) is 22.9 Å². The summed E-state index contributed by atoms with van der Waals surface area (Å²) in [6.07, 6.45) is 11.7. The van der Waals surface area contributed by atoms with E-state index in [1.54, 1.807) is 11.0 Å². The maximum Gasteiger partial charge on any atom is 0.410 e. The maximum atomic E-state index is 14.5. The molecule has 7 unspecified atom stereocenters. The molecule has 0 radical (unpaired) electrons. The molecule has 0 bridgehead atoms. The number of rotatable bonds is 22. The molecule has 2 N–H and O–H groups in total. The van der Waals surface area contributed by atoms with E-state index in [0.717, 1.165) is 92.7 Å². The highest BCUT2D eigenvalue weighted by Crippen LogP contribution is 2.62. The van der Waals surface area contributed by atoms with Crippen LogP contribution in [0.2, 0.25) is 0 Å². The van der Waals surface area contributed by atoms with Crippen molar-refractivity contribution in [1.29, 1.82) is 0 Å². The molecule has 12 heteroatoms. The van der Waals surface area contributed by atoms with Crippen LogP contribution in [-0.2, 0) is 25.7 Å². The Morgan fingerprint density at radius 1 is 1.07 bits per heavy atom. The molecule has 1 amide bonds. The molecule has 12 nitrogen and oxygen atoms in total. The highest BCUT2D eigenvalue weighted by atomic mass is 16.8. The largest absolute Gasteiger partial charge is 0.492 e. The van der Waals surface area contributed by atoms with Gasteiger partial charge in [-0.1, -0.05) is 67.4 Å². The van der Waals surface area contributed by atoms with Crippen molar-refractivity contribution in [3.63, 3.8) is 0 Å². The number of allylic oxidation sites excluding steroid dienone is 1. The van der Waals surface area contributed by atoms with Crippen molar-refractivity contribution in [1.82, 2.24) is 9.80 Å². The van der Waals surface area contributed by atoms with Crippen LogP contribution in [0.1, 0.15) is 94.6 Å². The summed E-state index contributed by atoms with van der Waals surface area (Å²) < 4.78 is 32.9. The fourth-order valence-corrected chi connectivity index (χ4v) is 9.66. The first-order chi connectivity index (χ1) is 29.0. The third kappa shape index (κ3) is 10.3. The number of ether oxygens (including phenoxy) is 5. The normalized spacial score (nSPS) is 27.8. The van der Waals surface area contributed by atoms with Gasteiger partial charge in [0.2, 0.25) is 12.1 Å². The van der Waals surface area contributed by atoms with Crippen molar-refractivity contribution in [3.8, 4) is 11.5 Å². The summed E-state index contributed by atoms with van der Waals surface area (Å²) in [5.41, 5.74) is 3.67. The molecule has 1 saturated carbocycles. The van der Waals surface area contributed by atoms with E-state index in [-0.39, 0.29) is 44.2 Å². The summed E-state index contributed by atoms with van der Waals surface area (Å²) in [4.78, 5) is 24.9. The van der Waals surface area contributed by atoms with Gasteiger partial charge in [0.1, 0.15) is 30.8 Å². The number of aliphatic hydroxyl groups excluding tert-OH is 2. The quantitative estimate of drug-likeness (QED) is 0.0531. The number of fused-ring (bicyclic) bond motifs is 2. The number of carbonyl (C=O) groups excluding carboxylic acids is 1. The lowest BCUT2D eigenvalue weighted by Gasteiger charge is -2.60. The molecule has 0 spiro atoms. The second-order valence-electron chi connectivity index (χ2n) is 16.6. The van der Waals surface area contributed by atoms with E-state index in [1.807, 2.05) is 42.5 Å². The van der Waals surface area contributed by atoms with Crippen LogP contribution in [0.15, 0.2) is 78.0 Å². The first kappa shape index (κ1) is 43.2. The minimum absolute atomic E-state index is 0.114. The smallest absolute Gasteiger partial charge is 0.410 e. The Bertz CT molecular complexity index is 1730. The molecule has 7 rings (SSSR count). The molecule has 59 heavy (non-hydrogen) atoms.